The van der Waals surface area contributed by atoms with Gasteiger partial charge in [-0.1, -0.05) is 78.9 Å². The van der Waals surface area contributed by atoms with E-state index >= 15 is 0 Å². The van der Waals surface area contributed by atoms with Gasteiger partial charge in [-0.3, -0.25) is 4.57 Å². The summed E-state index contributed by atoms with van der Waals surface area (Å²) in [4.78, 5) is 4.79. The van der Waals surface area contributed by atoms with Crippen LogP contribution in [0.2, 0.25) is 0 Å². The van der Waals surface area contributed by atoms with Gasteiger partial charge in [0, 0.05) is 22.4 Å². The van der Waals surface area contributed by atoms with Gasteiger partial charge in [0.1, 0.15) is 5.82 Å². The quantitative estimate of drug-likeness (QED) is 0.263. The highest BCUT2D eigenvalue weighted by atomic mass is 15.1. The molecule has 5 aromatic carbocycles. The average molecular weight is 418 g/mol. The van der Waals surface area contributed by atoms with E-state index in [9.17, 15) is 0 Å². The standard InChI is InChI=1S/C31H18N2/c1-2-10-21-20(8-1)18-25-23-12-4-3-11-22(23)24-13-7-9-19-15-16-26-30(28(19)24)29(25)31(21)33(26)27-14-5-6-17-32-27/h1-18H. The molecule has 2 heteroatoms. The lowest BCUT2D eigenvalue weighted by atomic mass is 9.92. The van der Waals surface area contributed by atoms with Gasteiger partial charge >= 0.3 is 0 Å². The lowest BCUT2D eigenvalue weighted by molar-refractivity contribution is 1.08. The van der Waals surface area contributed by atoms with Gasteiger partial charge in [-0.15, -0.1) is 0 Å². The molecule has 0 N–H and O–H groups in total. The van der Waals surface area contributed by atoms with Crippen LogP contribution < -0.4 is 0 Å². The van der Waals surface area contributed by atoms with Crippen LogP contribution in [0.4, 0.5) is 0 Å². The van der Waals surface area contributed by atoms with E-state index in [0.29, 0.717) is 0 Å². The Morgan fingerprint density at radius 1 is 0.515 bits per heavy atom. The fourth-order valence-electron chi connectivity index (χ4n) is 5.86. The molecule has 0 radical (unpaired) electrons. The van der Waals surface area contributed by atoms with Crippen molar-refractivity contribution in [2.75, 3.05) is 0 Å². The molecule has 2 aromatic heterocycles. The van der Waals surface area contributed by atoms with Gasteiger partial charge < -0.3 is 0 Å². The number of aromatic nitrogens is 2. The second-order valence-electron chi connectivity index (χ2n) is 8.80. The highest BCUT2D eigenvalue weighted by molar-refractivity contribution is 6.33. The minimum atomic E-state index is 0.950. The third-order valence-corrected chi connectivity index (χ3v) is 7.15. The van der Waals surface area contributed by atoms with Gasteiger partial charge in [-0.25, -0.2) is 4.98 Å². The van der Waals surface area contributed by atoms with Crippen LogP contribution in [-0.2, 0) is 0 Å². The SMILES string of the molecule is c1ccc(-n2c3ccc4cccc5c4c3c3c(cc4ccccc4c32)-c2ccccc2-5)nc1. The second kappa shape index (κ2) is 6.08. The van der Waals surface area contributed by atoms with E-state index < -0.39 is 0 Å². The van der Waals surface area contributed by atoms with E-state index in [1.54, 1.807) is 0 Å². The van der Waals surface area contributed by atoms with Crippen LogP contribution in [0.15, 0.2) is 109 Å². The van der Waals surface area contributed by atoms with Gasteiger partial charge in [0.15, 0.2) is 0 Å². The minimum Gasteiger partial charge on any atom is -0.293 e. The smallest absolute Gasteiger partial charge is 0.137 e. The molecule has 0 fully saturated rings. The Balaban J connectivity index is 1.79. The zero-order valence-electron chi connectivity index (χ0n) is 17.8. The van der Waals surface area contributed by atoms with Crippen molar-refractivity contribution in [2.45, 2.75) is 0 Å². The number of pyridine rings is 1. The van der Waals surface area contributed by atoms with Gasteiger partial charge in [-0.2, -0.15) is 0 Å². The Bertz CT molecular complexity index is 1910. The van der Waals surface area contributed by atoms with Crippen LogP contribution in [0, 0.1) is 0 Å². The number of benzene rings is 5. The third kappa shape index (κ3) is 2.10. The Hall–Kier alpha value is -4.43. The van der Waals surface area contributed by atoms with Crippen LogP contribution in [0.3, 0.4) is 0 Å². The molecule has 1 aliphatic carbocycles. The van der Waals surface area contributed by atoms with Crippen molar-refractivity contribution in [3.05, 3.63) is 109 Å². The zero-order valence-corrected chi connectivity index (χ0v) is 17.8. The number of hydrogen-bond donors (Lipinski definition) is 0. The molecule has 2 nitrogen and oxygen atoms in total. The summed E-state index contributed by atoms with van der Waals surface area (Å²) in [5.74, 6) is 0.950. The van der Waals surface area contributed by atoms with Crippen LogP contribution >= 0.6 is 0 Å². The number of hydrogen-bond acceptors (Lipinski definition) is 1. The molecule has 8 rings (SSSR count). The topological polar surface area (TPSA) is 17.8 Å². The molecule has 0 spiro atoms. The Morgan fingerprint density at radius 2 is 1.27 bits per heavy atom. The minimum absolute atomic E-state index is 0.950. The van der Waals surface area contributed by atoms with E-state index in [0.717, 1.165) is 5.82 Å². The number of fused-ring (bicyclic) bond motifs is 5. The van der Waals surface area contributed by atoms with Crippen molar-refractivity contribution in [3.63, 3.8) is 0 Å². The molecule has 0 atom stereocenters. The van der Waals surface area contributed by atoms with Crippen LogP contribution in [0.5, 0.6) is 0 Å². The number of rotatable bonds is 1. The summed E-state index contributed by atoms with van der Waals surface area (Å²) in [6.07, 6.45) is 1.88. The van der Waals surface area contributed by atoms with Crippen molar-refractivity contribution in [1.29, 1.82) is 0 Å². The van der Waals surface area contributed by atoms with Crippen molar-refractivity contribution in [1.82, 2.24) is 9.55 Å². The van der Waals surface area contributed by atoms with Crippen molar-refractivity contribution in [2.24, 2.45) is 0 Å². The molecular formula is C31H18N2. The summed E-state index contributed by atoms with van der Waals surface area (Å²) in [5.41, 5.74) is 7.62. The number of nitrogens with zero attached hydrogens (tertiary/aromatic N) is 2. The molecule has 0 saturated heterocycles. The van der Waals surface area contributed by atoms with Crippen molar-refractivity contribution in [3.8, 4) is 28.1 Å². The Labute approximate surface area is 190 Å². The van der Waals surface area contributed by atoms with E-state index in [4.69, 9.17) is 4.98 Å². The first-order valence-electron chi connectivity index (χ1n) is 11.3. The first-order valence-corrected chi connectivity index (χ1v) is 11.3. The summed E-state index contributed by atoms with van der Waals surface area (Å²) in [7, 11) is 0. The van der Waals surface area contributed by atoms with E-state index in [2.05, 4.69) is 102 Å². The first-order chi connectivity index (χ1) is 16.4. The molecule has 1 aliphatic rings. The Morgan fingerprint density at radius 3 is 2.15 bits per heavy atom. The predicted molar refractivity (Wildman–Crippen MR) is 138 cm³/mol. The lowest BCUT2D eigenvalue weighted by Crippen LogP contribution is -1.98. The van der Waals surface area contributed by atoms with Gasteiger partial charge in [0.2, 0.25) is 0 Å². The monoisotopic (exact) mass is 418 g/mol. The van der Waals surface area contributed by atoms with Crippen LogP contribution in [-0.4, -0.2) is 9.55 Å². The average Bonchev–Trinajstić information content (AvgIpc) is 3.18. The van der Waals surface area contributed by atoms with E-state index in [-0.39, 0.29) is 0 Å². The summed E-state index contributed by atoms with van der Waals surface area (Å²) in [6.45, 7) is 0. The largest absolute Gasteiger partial charge is 0.293 e. The van der Waals surface area contributed by atoms with Gasteiger partial charge in [0.05, 0.1) is 11.0 Å². The van der Waals surface area contributed by atoms with E-state index in [1.807, 2.05) is 12.3 Å². The van der Waals surface area contributed by atoms with Crippen LogP contribution in [0.25, 0.3) is 71.4 Å². The fraction of sp³-hybridized carbons (Fsp3) is 0. The highest BCUT2D eigenvalue weighted by Crippen LogP contribution is 2.51. The molecule has 0 saturated carbocycles. The maximum atomic E-state index is 4.79. The third-order valence-electron chi connectivity index (χ3n) is 7.15. The van der Waals surface area contributed by atoms with Gasteiger partial charge in [-0.05, 0) is 62.7 Å². The fourth-order valence-corrected chi connectivity index (χ4v) is 5.86. The zero-order chi connectivity index (χ0) is 21.5. The second-order valence-corrected chi connectivity index (χ2v) is 8.80. The highest BCUT2D eigenvalue weighted by Gasteiger charge is 2.26. The predicted octanol–water partition coefficient (Wildman–Crippen LogP) is 8.13. The molecule has 0 aliphatic heterocycles. The molecule has 0 unspecified atom stereocenters. The first kappa shape index (κ1) is 17.2. The maximum absolute atomic E-state index is 4.79. The molecule has 152 valence electrons. The Kier molecular flexibility index (Phi) is 3.16. The van der Waals surface area contributed by atoms with Gasteiger partial charge in [0.25, 0.3) is 0 Å². The van der Waals surface area contributed by atoms with Crippen LogP contribution in [0.1, 0.15) is 0 Å². The summed E-state index contributed by atoms with van der Waals surface area (Å²) < 4.78 is 2.36. The van der Waals surface area contributed by atoms with Crippen molar-refractivity contribution < 1.29 is 0 Å². The lowest BCUT2D eigenvalue weighted by Gasteiger charge is -2.14. The summed E-state index contributed by atoms with van der Waals surface area (Å²) in [6, 6.07) is 37.3. The molecule has 7 aromatic rings. The summed E-state index contributed by atoms with van der Waals surface area (Å²) >= 11 is 0. The molecule has 0 bridgehead atoms. The van der Waals surface area contributed by atoms with Crippen molar-refractivity contribution >= 4 is 43.4 Å². The summed E-state index contributed by atoms with van der Waals surface area (Å²) in [5, 5.41) is 7.74. The molecule has 2 heterocycles. The maximum Gasteiger partial charge on any atom is 0.137 e. The van der Waals surface area contributed by atoms with E-state index in [1.165, 1.54) is 65.6 Å². The molecule has 0 amide bonds. The normalized spacial score (nSPS) is 12.2. The molecular weight excluding hydrogens is 400 g/mol. The molecule has 33 heavy (non-hydrogen) atoms.